The second-order valence-corrected chi connectivity index (χ2v) is 14.6. The van der Waals surface area contributed by atoms with Crippen LogP contribution in [-0.2, 0) is 33.6 Å². The van der Waals surface area contributed by atoms with Crippen molar-refractivity contribution < 1.29 is 19.1 Å². The smallest absolute Gasteiger partial charge is 0.324 e. The van der Waals surface area contributed by atoms with Gasteiger partial charge in [-0.25, -0.2) is 4.79 Å². The third kappa shape index (κ3) is 10.4. The predicted molar refractivity (Wildman–Crippen MR) is 210 cm³/mol. The molecular weight excluding hydrogens is 647 g/mol. The summed E-state index contributed by atoms with van der Waals surface area (Å²) in [5.41, 5.74) is 7.20. The van der Waals surface area contributed by atoms with Gasteiger partial charge in [-0.2, -0.15) is 0 Å². The molecule has 1 heterocycles. The number of imide groups is 1. The number of para-hydroxylation sites is 1. The number of amides is 3. The molecule has 0 bridgehead atoms. The van der Waals surface area contributed by atoms with Crippen molar-refractivity contribution in [3.63, 3.8) is 0 Å². The maximum Gasteiger partial charge on any atom is 0.324 e. The topological polar surface area (TPSA) is 91.5 Å². The highest BCUT2D eigenvalue weighted by Crippen LogP contribution is 2.27. The predicted octanol–water partition coefficient (Wildman–Crippen LogP) is 10.0. The molecule has 1 aromatic heterocycles. The summed E-state index contributed by atoms with van der Waals surface area (Å²) in [7, 11) is 0. The van der Waals surface area contributed by atoms with Gasteiger partial charge in [-0.1, -0.05) is 110 Å². The number of urea groups is 1. The van der Waals surface area contributed by atoms with Gasteiger partial charge in [-0.15, -0.1) is 0 Å². The summed E-state index contributed by atoms with van der Waals surface area (Å²) in [6, 6.07) is 34.3. The Kier molecular flexibility index (Phi) is 13.1. The van der Waals surface area contributed by atoms with Gasteiger partial charge in [0.25, 0.3) is 0 Å². The molecule has 7 nitrogen and oxygen atoms in total. The number of carbonyl (C=O) groups is 3. The second-order valence-electron chi connectivity index (χ2n) is 14.6. The van der Waals surface area contributed by atoms with Crippen LogP contribution in [-0.4, -0.2) is 39.9 Å². The van der Waals surface area contributed by atoms with Gasteiger partial charge in [0, 0.05) is 29.6 Å². The minimum absolute atomic E-state index is 0.0930. The van der Waals surface area contributed by atoms with Gasteiger partial charge in [-0.05, 0) is 99.2 Å². The zero-order chi connectivity index (χ0) is 37.1. The average Bonchev–Trinajstić information content (AvgIpc) is 3.54. The Labute approximate surface area is 308 Å². The van der Waals surface area contributed by atoms with E-state index in [2.05, 4.69) is 71.8 Å². The number of rotatable bonds is 15. The van der Waals surface area contributed by atoms with E-state index in [-0.39, 0.29) is 24.9 Å². The van der Waals surface area contributed by atoms with Gasteiger partial charge in [-0.3, -0.25) is 14.5 Å². The molecule has 0 saturated carbocycles. The SMILES string of the molecule is CCCc1ccc(-c2ccc(CCCC(CC(=O)OC(C)(C)C)C(=O)N(CC)C(=O)NC(Cc3c[nH]c4ccccc34)c3ccccc3)cc2)cc1. The van der Waals surface area contributed by atoms with Crippen LogP contribution in [0.3, 0.4) is 0 Å². The Hall–Kier alpha value is -5.17. The van der Waals surface area contributed by atoms with E-state index in [0.717, 1.165) is 52.4 Å². The molecule has 52 heavy (non-hydrogen) atoms. The van der Waals surface area contributed by atoms with Crippen LogP contribution in [0, 0.1) is 5.92 Å². The lowest BCUT2D eigenvalue weighted by molar-refractivity contribution is -0.158. The maximum atomic E-state index is 14.2. The fourth-order valence-corrected chi connectivity index (χ4v) is 6.77. The third-order valence-electron chi connectivity index (χ3n) is 9.41. The number of ether oxygens (including phenoxy) is 1. The lowest BCUT2D eigenvalue weighted by Gasteiger charge is -2.28. The molecule has 2 atom stereocenters. The zero-order valence-electron chi connectivity index (χ0n) is 31.3. The maximum absolute atomic E-state index is 14.2. The summed E-state index contributed by atoms with van der Waals surface area (Å²) in [4.78, 5) is 45.8. The Morgan fingerprint density at radius 3 is 2.02 bits per heavy atom. The van der Waals surface area contributed by atoms with Crippen molar-refractivity contribution >= 4 is 28.8 Å². The van der Waals surface area contributed by atoms with Crippen LogP contribution in [0.1, 0.15) is 88.6 Å². The van der Waals surface area contributed by atoms with Crippen molar-refractivity contribution in [1.29, 1.82) is 0 Å². The van der Waals surface area contributed by atoms with E-state index in [4.69, 9.17) is 4.74 Å². The number of esters is 1. The molecule has 2 N–H and O–H groups in total. The molecule has 0 saturated heterocycles. The molecule has 4 aromatic carbocycles. The largest absolute Gasteiger partial charge is 0.460 e. The molecule has 272 valence electrons. The highest BCUT2D eigenvalue weighted by molar-refractivity contribution is 5.97. The van der Waals surface area contributed by atoms with E-state index in [1.807, 2.05) is 75.5 Å². The minimum atomic E-state index is -0.703. The Balaban J connectivity index is 1.28. The number of hydrogen-bond acceptors (Lipinski definition) is 4. The summed E-state index contributed by atoms with van der Waals surface area (Å²) in [6.45, 7) is 9.59. The molecule has 7 heteroatoms. The van der Waals surface area contributed by atoms with Gasteiger partial charge >= 0.3 is 12.0 Å². The first-order valence-electron chi connectivity index (χ1n) is 18.7. The molecule has 0 fully saturated rings. The fraction of sp³-hybridized carbons (Fsp3) is 0.356. The number of fused-ring (bicyclic) bond motifs is 1. The second kappa shape index (κ2) is 17.9. The van der Waals surface area contributed by atoms with Crippen molar-refractivity contribution in [1.82, 2.24) is 15.2 Å². The molecule has 0 radical (unpaired) electrons. The minimum Gasteiger partial charge on any atom is -0.460 e. The molecule has 0 spiro atoms. The number of aryl methyl sites for hydroxylation is 2. The number of H-pyrrole nitrogens is 1. The van der Waals surface area contributed by atoms with Crippen molar-refractivity contribution in [2.75, 3.05) is 6.54 Å². The summed E-state index contributed by atoms with van der Waals surface area (Å²) >= 11 is 0. The summed E-state index contributed by atoms with van der Waals surface area (Å²) in [6.07, 6.45) is 6.49. The lowest BCUT2D eigenvalue weighted by Crippen LogP contribution is -2.48. The van der Waals surface area contributed by atoms with Gasteiger partial charge in [0.05, 0.1) is 12.5 Å². The van der Waals surface area contributed by atoms with Crippen LogP contribution in [0.5, 0.6) is 0 Å². The average molecular weight is 700 g/mol. The first kappa shape index (κ1) is 38.1. The molecule has 0 aliphatic heterocycles. The number of aromatic nitrogens is 1. The quantitative estimate of drug-likeness (QED) is 0.106. The fourth-order valence-electron chi connectivity index (χ4n) is 6.77. The first-order chi connectivity index (χ1) is 25.0. The standard InChI is InChI=1S/C45H53N3O4/c1-6-14-32-21-25-34(26-22-32)35-27-23-33(24-28-35)15-13-18-37(30-42(49)52-45(3,4)5)43(50)48(7-2)44(51)47-41(36-16-9-8-10-17-36)29-38-31-46-40-20-12-11-19-39(38)40/h8-12,16-17,19-28,31,37,41,46H,6-7,13-15,18,29-30H2,1-5H3,(H,47,51). The van der Waals surface area contributed by atoms with Crippen molar-refractivity contribution in [3.8, 4) is 11.1 Å². The van der Waals surface area contributed by atoms with E-state index >= 15 is 0 Å². The monoisotopic (exact) mass is 699 g/mol. The number of nitrogens with zero attached hydrogens (tertiary/aromatic N) is 1. The van der Waals surface area contributed by atoms with Crippen molar-refractivity contribution in [2.45, 2.75) is 91.2 Å². The Morgan fingerprint density at radius 1 is 0.788 bits per heavy atom. The summed E-state index contributed by atoms with van der Waals surface area (Å²) < 4.78 is 5.64. The lowest BCUT2D eigenvalue weighted by atomic mass is 9.94. The van der Waals surface area contributed by atoms with Crippen molar-refractivity contribution in [2.24, 2.45) is 5.92 Å². The molecule has 0 aliphatic carbocycles. The molecular formula is C45H53N3O4. The number of nitrogens with one attached hydrogen (secondary N) is 2. The highest BCUT2D eigenvalue weighted by Gasteiger charge is 2.32. The van der Waals surface area contributed by atoms with Crippen molar-refractivity contribution in [3.05, 3.63) is 132 Å². The normalized spacial score (nSPS) is 12.6. The van der Waals surface area contributed by atoms with Crippen LogP contribution < -0.4 is 5.32 Å². The Morgan fingerprint density at radius 2 is 1.40 bits per heavy atom. The zero-order valence-corrected chi connectivity index (χ0v) is 31.3. The van der Waals surface area contributed by atoms with Crippen LogP contribution >= 0.6 is 0 Å². The van der Waals surface area contributed by atoms with Gasteiger partial charge in [0.1, 0.15) is 5.60 Å². The van der Waals surface area contributed by atoms with Crippen LogP contribution in [0.15, 0.2) is 109 Å². The molecule has 2 unspecified atom stereocenters. The number of benzene rings is 4. The van der Waals surface area contributed by atoms with E-state index in [0.29, 0.717) is 19.3 Å². The van der Waals surface area contributed by atoms with E-state index in [9.17, 15) is 14.4 Å². The van der Waals surface area contributed by atoms with Crippen LogP contribution in [0.4, 0.5) is 4.79 Å². The van der Waals surface area contributed by atoms with Crippen LogP contribution in [0.25, 0.3) is 22.0 Å². The van der Waals surface area contributed by atoms with E-state index in [1.54, 1.807) is 6.92 Å². The van der Waals surface area contributed by atoms with Gasteiger partial charge in [0.15, 0.2) is 0 Å². The number of carbonyl (C=O) groups excluding carboxylic acids is 3. The number of aromatic amines is 1. The summed E-state index contributed by atoms with van der Waals surface area (Å²) in [5, 5.41) is 4.25. The molecule has 5 aromatic rings. The third-order valence-corrected chi connectivity index (χ3v) is 9.41. The van der Waals surface area contributed by atoms with E-state index < -0.39 is 23.5 Å². The number of hydrogen-bond donors (Lipinski definition) is 2. The van der Waals surface area contributed by atoms with Gasteiger partial charge < -0.3 is 15.0 Å². The molecule has 0 aliphatic rings. The van der Waals surface area contributed by atoms with Crippen LogP contribution in [0.2, 0.25) is 0 Å². The Bertz CT molecular complexity index is 1910. The highest BCUT2D eigenvalue weighted by atomic mass is 16.6. The molecule has 5 rings (SSSR count). The molecule has 3 amide bonds. The summed E-state index contributed by atoms with van der Waals surface area (Å²) in [5.74, 6) is -1.52. The van der Waals surface area contributed by atoms with Gasteiger partial charge in [0.2, 0.25) is 5.91 Å². The first-order valence-corrected chi connectivity index (χ1v) is 18.7. The van der Waals surface area contributed by atoms with E-state index in [1.165, 1.54) is 16.0 Å².